The van der Waals surface area contributed by atoms with Gasteiger partial charge in [-0.1, -0.05) is 29.8 Å². The first-order valence-corrected chi connectivity index (χ1v) is 6.95. The second-order valence-electron chi connectivity index (χ2n) is 4.16. The maximum absolute atomic E-state index is 6.13. The van der Waals surface area contributed by atoms with Gasteiger partial charge in [-0.25, -0.2) is 0 Å². The van der Waals surface area contributed by atoms with Gasteiger partial charge in [0.05, 0.1) is 0 Å². The molecule has 0 saturated carbocycles. The van der Waals surface area contributed by atoms with Crippen LogP contribution >= 0.6 is 22.9 Å². The summed E-state index contributed by atoms with van der Waals surface area (Å²) >= 11 is 7.93. The zero-order chi connectivity index (χ0) is 12.3. The Kier molecular flexibility index (Phi) is 4.21. The third-order valence-corrected chi connectivity index (χ3v) is 4.42. The Bertz CT molecular complexity index is 492. The van der Waals surface area contributed by atoms with Crippen molar-refractivity contribution < 1.29 is 0 Å². The molecular formula is C14H16ClNS. The van der Waals surface area contributed by atoms with Crippen LogP contribution in [0.25, 0.3) is 0 Å². The minimum absolute atomic E-state index is 0.367. The van der Waals surface area contributed by atoms with Crippen molar-refractivity contribution in [2.75, 3.05) is 0 Å². The van der Waals surface area contributed by atoms with Gasteiger partial charge >= 0.3 is 0 Å². The Balaban J connectivity index is 2.00. The van der Waals surface area contributed by atoms with Crippen molar-refractivity contribution in [2.45, 2.75) is 26.4 Å². The molecule has 0 amide bonds. The highest BCUT2D eigenvalue weighted by atomic mass is 35.5. The zero-order valence-corrected chi connectivity index (χ0v) is 11.6. The van der Waals surface area contributed by atoms with Crippen molar-refractivity contribution in [1.29, 1.82) is 0 Å². The van der Waals surface area contributed by atoms with Gasteiger partial charge in [-0.2, -0.15) is 0 Å². The van der Waals surface area contributed by atoms with E-state index >= 15 is 0 Å². The molecule has 1 nitrogen and oxygen atoms in total. The number of halogens is 1. The lowest BCUT2D eigenvalue weighted by Crippen LogP contribution is -2.17. The normalized spacial score (nSPS) is 12.6. The van der Waals surface area contributed by atoms with Gasteiger partial charge < -0.3 is 5.32 Å². The Hall–Kier alpha value is -0.830. The SMILES string of the molecule is Cc1ccsc1C(C)NCc1ccccc1Cl. The Morgan fingerprint density at radius 1 is 1.29 bits per heavy atom. The molecule has 0 saturated heterocycles. The first-order valence-electron chi connectivity index (χ1n) is 5.69. The standard InChI is InChI=1S/C14H16ClNS/c1-10-7-8-17-14(10)11(2)16-9-12-5-3-4-6-13(12)15/h3-8,11,16H,9H2,1-2H3. The van der Waals surface area contributed by atoms with Crippen molar-refractivity contribution in [3.63, 3.8) is 0 Å². The van der Waals surface area contributed by atoms with Crippen LogP contribution in [-0.4, -0.2) is 0 Å². The molecule has 3 heteroatoms. The fourth-order valence-electron chi connectivity index (χ4n) is 1.83. The van der Waals surface area contributed by atoms with Crippen LogP contribution in [0.2, 0.25) is 5.02 Å². The van der Waals surface area contributed by atoms with Gasteiger partial charge in [0.15, 0.2) is 0 Å². The summed E-state index contributed by atoms with van der Waals surface area (Å²) in [5.41, 5.74) is 2.50. The highest BCUT2D eigenvalue weighted by Crippen LogP contribution is 2.24. The summed E-state index contributed by atoms with van der Waals surface area (Å²) in [6.07, 6.45) is 0. The summed E-state index contributed by atoms with van der Waals surface area (Å²) < 4.78 is 0. The first-order chi connectivity index (χ1) is 8.18. The van der Waals surface area contributed by atoms with E-state index in [-0.39, 0.29) is 0 Å². The minimum Gasteiger partial charge on any atom is -0.305 e. The molecule has 1 aromatic heterocycles. The monoisotopic (exact) mass is 265 g/mol. The van der Waals surface area contributed by atoms with Crippen molar-refractivity contribution in [3.8, 4) is 0 Å². The lowest BCUT2D eigenvalue weighted by atomic mass is 10.1. The molecule has 90 valence electrons. The van der Waals surface area contributed by atoms with Crippen LogP contribution in [-0.2, 0) is 6.54 Å². The van der Waals surface area contributed by atoms with Crippen LogP contribution < -0.4 is 5.32 Å². The van der Waals surface area contributed by atoms with Gasteiger partial charge in [-0.3, -0.25) is 0 Å². The number of benzene rings is 1. The molecule has 0 fully saturated rings. The lowest BCUT2D eigenvalue weighted by molar-refractivity contribution is 0.581. The highest BCUT2D eigenvalue weighted by molar-refractivity contribution is 7.10. The second-order valence-corrected chi connectivity index (χ2v) is 5.52. The van der Waals surface area contributed by atoms with E-state index in [0.717, 1.165) is 17.1 Å². The van der Waals surface area contributed by atoms with E-state index in [9.17, 15) is 0 Å². The van der Waals surface area contributed by atoms with E-state index in [1.54, 1.807) is 11.3 Å². The lowest BCUT2D eigenvalue weighted by Gasteiger charge is -2.14. The van der Waals surface area contributed by atoms with E-state index < -0.39 is 0 Å². The van der Waals surface area contributed by atoms with Crippen molar-refractivity contribution >= 4 is 22.9 Å². The van der Waals surface area contributed by atoms with Gasteiger partial charge in [0.1, 0.15) is 0 Å². The van der Waals surface area contributed by atoms with Gasteiger partial charge in [-0.05, 0) is 42.5 Å². The van der Waals surface area contributed by atoms with Crippen LogP contribution in [0, 0.1) is 6.92 Å². The Morgan fingerprint density at radius 3 is 2.71 bits per heavy atom. The fourth-order valence-corrected chi connectivity index (χ4v) is 2.99. The number of aryl methyl sites for hydroxylation is 1. The summed E-state index contributed by atoms with van der Waals surface area (Å²) in [4.78, 5) is 1.40. The van der Waals surface area contributed by atoms with Crippen molar-refractivity contribution in [1.82, 2.24) is 5.32 Å². The predicted molar refractivity (Wildman–Crippen MR) is 75.8 cm³/mol. The molecule has 1 atom stereocenters. The zero-order valence-electron chi connectivity index (χ0n) is 10.0. The average molecular weight is 266 g/mol. The maximum Gasteiger partial charge on any atom is 0.0450 e. The molecule has 1 aromatic carbocycles. The number of hydrogen-bond acceptors (Lipinski definition) is 2. The number of thiophene rings is 1. The molecule has 0 bridgehead atoms. The molecule has 1 heterocycles. The number of nitrogens with one attached hydrogen (secondary N) is 1. The average Bonchev–Trinajstić information content (AvgIpc) is 2.74. The van der Waals surface area contributed by atoms with Gasteiger partial charge in [0, 0.05) is 22.5 Å². The molecule has 0 spiro atoms. The molecule has 1 unspecified atom stereocenters. The van der Waals surface area contributed by atoms with E-state index in [1.807, 2.05) is 18.2 Å². The molecular weight excluding hydrogens is 250 g/mol. The van der Waals surface area contributed by atoms with E-state index in [0.29, 0.717) is 6.04 Å². The Labute approximate surface area is 111 Å². The summed E-state index contributed by atoms with van der Waals surface area (Å²) in [5.74, 6) is 0. The molecule has 0 aliphatic heterocycles. The third kappa shape index (κ3) is 3.09. The van der Waals surface area contributed by atoms with Crippen molar-refractivity contribution in [3.05, 3.63) is 56.7 Å². The number of hydrogen-bond donors (Lipinski definition) is 1. The summed E-state index contributed by atoms with van der Waals surface area (Å²) in [6.45, 7) is 5.15. The molecule has 0 aliphatic carbocycles. The van der Waals surface area contributed by atoms with E-state index in [1.165, 1.54) is 10.4 Å². The van der Waals surface area contributed by atoms with E-state index in [2.05, 4.69) is 36.7 Å². The van der Waals surface area contributed by atoms with E-state index in [4.69, 9.17) is 11.6 Å². The fraction of sp³-hybridized carbons (Fsp3) is 0.286. The molecule has 0 radical (unpaired) electrons. The first kappa shape index (κ1) is 12.6. The van der Waals surface area contributed by atoms with Gasteiger partial charge in [-0.15, -0.1) is 11.3 Å². The number of rotatable bonds is 4. The molecule has 17 heavy (non-hydrogen) atoms. The van der Waals surface area contributed by atoms with Crippen molar-refractivity contribution in [2.24, 2.45) is 0 Å². The summed E-state index contributed by atoms with van der Waals surface area (Å²) in [7, 11) is 0. The van der Waals surface area contributed by atoms with Gasteiger partial charge in [0.25, 0.3) is 0 Å². The predicted octanol–water partition coefficient (Wildman–Crippen LogP) is 4.56. The summed E-state index contributed by atoms with van der Waals surface area (Å²) in [5, 5.41) is 6.47. The maximum atomic E-state index is 6.13. The molecule has 2 rings (SSSR count). The summed E-state index contributed by atoms with van der Waals surface area (Å²) in [6, 6.07) is 10.5. The largest absolute Gasteiger partial charge is 0.305 e. The van der Waals surface area contributed by atoms with Crippen LogP contribution in [0.4, 0.5) is 0 Å². The third-order valence-electron chi connectivity index (χ3n) is 2.85. The van der Waals surface area contributed by atoms with Crippen LogP contribution in [0.3, 0.4) is 0 Å². The Morgan fingerprint density at radius 2 is 2.06 bits per heavy atom. The van der Waals surface area contributed by atoms with Crippen LogP contribution in [0.15, 0.2) is 35.7 Å². The second kappa shape index (κ2) is 5.67. The van der Waals surface area contributed by atoms with Gasteiger partial charge in [0.2, 0.25) is 0 Å². The molecule has 1 N–H and O–H groups in total. The quantitative estimate of drug-likeness (QED) is 0.855. The molecule has 0 aliphatic rings. The molecule has 2 aromatic rings. The topological polar surface area (TPSA) is 12.0 Å². The smallest absolute Gasteiger partial charge is 0.0450 e. The highest BCUT2D eigenvalue weighted by Gasteiger charge is 2.09. The minimum atomic E-state index is 0.367. The van der Waals surface area contributed by atoms with Crippen LogP contribution in [0.1, 0.15) is 29.0 Å². The van der Waals surface area contributed by atoms with Crippen LogP contribution in [0.5, 0.6) is 0 Å².